The standard InChI is InChI=1S/C14H16ClFN4OS2/c1-3-22-7-12-18-19-14(20(12)2)23-8-13(21)17-9-4-5-11(16)10(15)6-9/h4-6H,3,7-8H2,1-2H3,(H,17,21). The number of halogens is 2. The van der Waals surface area contributed by atoms with E-state index < -0.39 is 5.82 Å². The fourth-order valence-corrected chi connectivity index (χ4v) is 3.24. The van der Waals surface area contributed by atoms with Crippen molar-refractivity contribution in [1.82, 2.24) is 14.8 Å². The first-order valence-electron chi connectivity index (χ1n) is 6.85. The third-order valence-electron chi connectivity index (χ3n) is 2.90. The van der Waals surface area contributed by atoms with Crippen molar-refractivity contribution in [2.24, 2.45) is 7.05 Å². The van der Waals surface area contributed by atoms with Crippen LogP contribution in [0.15, 0.2) is 23.4 Å². The molecule has 0 atom stereocenters. The molecule has 1 amide bonds. The molecule has 0 aliphatic rings. The van der Waals surface area contributed by atoms with Crippen LogP contribution in [0.2, 0.25) is 5.02 Å². The lowest BCUT2D eigenvalue weighted by atomic mass is 10.3. The minimum Gasteiger partial charge on any atom is -0.325 e. The summed E-state index contributed by atoms with van der Waals surface area (Å²) in [5, 5.41) is 11.5. The lowest BCUT2D eigenvalue weighted by Gasteiger charge is -2.06. The van der Waals surface area contributed by atoms with Crippen LogP contribution in [0.3, 0.4) is 0 Å². The molecule has 1 heterocycles. The van der Waals surface area contributed by atoms with E-state index in [2.05, 4.69) is 22.4 Å². The Bertz CT molecular complexity index is 695. The second-order valence-corrected chi connectivity index (χ2v) is 7.18. The summed E-state index contributed by atoms with van der Waals surface area (Å²) >= 11 is 8.74. The Balaban J connectivity index is 1.89. The van der Waals surface area contributed by atoms with E-state index in [0.717, 1.165) is 17.3 Å². The normalized spacial score (nSPS) is 10.8. The Morgan fingerprint density at radius 1 is 1.43 bits per heavy atom. The zero-order chi connectivity index (χ0) is 16.8. The number of benzene rings is 1. The summed E-state index contributed by atoms with van der Waals surface area (Å²) in [4.78, 5) is 11.9. The molecule has 9 heteroatoms. The number of carbonyl (C=O) groups excluding carboxylic acids is 1. The monoisotopic (exact) mass is 374 g/mol. The first-order chi connectivity index (χ1) is 11.0. The summed E-state index contributed by atoms with van der Waals surface area (Å²) < 4.78 is 15.0. The number of rotatable bonds is 7. The van der Waals surface area contributed by atoms with Crippen molar-refractivity contribution in [3.63, 3.8) is 0 Å². The van der Waals surface area contributed by atoms with E-state index in [-0.39, 0.29) is 16.7 Å². The van der Waals surface area contributed by atoms with Crippen molar-refractivity contribution in [1.29, 1.82) is 0 Å². The van der Waals surface area contributed by atoms with Crippen LogP contribution in [0.1, 0.15) is 12.7 Å². The summed E-state index contributed by atoms with van der Waals surface area (Å²) in [5.74, 6) is 2.13. The fourth-order valence-electron chi connectivity index (χ4n) is 1.69. The predicted molar refractivity (Wildman–Crippen MR) is 93.6 cm³/mol. The zero-order valence-electron chi connectivity index (χ0n) is 12.7. The molecule has 0 radical (unpaired) electrons. The van der Waals surface area contributed by atoms with E-state index in [0.29, 0.717) is 10.8 Å². The molecule has 5 nitrogen and oxygen atoms in total. The molecule has 2 rings (SSSR count). The molecule has 2 aromatic rings. The van der Waals surface area contributed by atoms with Crippen molar-refractivity contribution < 1.29 is 9.18 Å². The average Bonchev–Trinajstić information content (AvgIpc) is 2.87. The van der Waals surface area contributed by atoms with Gasteiger partial charge in [0.15, 0.2) is 5.16 Å². The van der Waals surface area contributed by atoms with Gasteiger partial charge in [0, 0.05) is 12.7 Å². The van der Waals surface area contributed by atoms with E-state index in [1.165, 1.54) is 30.0 Å². The van der Waals surface area contributed by atoms with Gasteiger partial charge in [0.05, 0.1) is 16.5 Å². The van der Waals surface area contributed by atoms with Crippen molar-refractivity contribution in [2.75, 3.05) is 16.8 Å². The maximum atomic E-state index is 13.1. The first-order valence-corrected chi connectivity index (χ1v) is 9.36. The van der Waals surface area contributed by atoms with Gasteiger partial charge in [0.25, 0.3) is 0 Å². The van der Waals surface area contributed by atoms with Gasteiger partial charge >= 0.3 is 0 Å². The summed E-state index contributed by atoms with van der Waals surface area (Å²) in [5.41, 5.74) is 0.458. The van der Waals surface area contributed by atoms with Gasteiger partial charge in [-0.3, -0.25) is 4.79 Å². The van der Waals surface area contributed by atoms with Crippen LogP contribution in [0, 0.1) is 5.82 Å². The molecule has 124 valence electrons. The minimum absolute atomic E-state index is 0.0261. The third-order valence-corrected chi connectivity index (χ3v) is 5.08. The van der Waals surface area contributed by atoms with Gasteiger partial charge in [-0.2, -0.15) is 11.8 Å². The number of anilines is 1. The largest absolute Gasteiger partial charge is 0.325 e. The molecule has 0 unspecified atom stereocenters. The number of hydrogen-bond donors (Lipinski definition) is 1. The zero-order valence-corrected chi connectivity index (χ0v) is 15.1. The maximum Gasteiger partial charge on any atom is 0.234 e. The highest BCUT2D eigenvalue weighted by atomic mass is 35.5. The van der Waals surface area contributed by atoms with Crippen molar-refractivity contribution >= 4 is 46.7 Å². The van der Waals surface area contributed by atoms with Crippen molar-refractivity contribution in [2.45, 2.75) is 17.8 Å². The Morgan fingerprint density at radius 3 is 2.91 bits per heavy atom. The molecular formula is C14H16ClFN4OS2. The van der Waals surface area contributed by atoms with Gasteiger partial charge in [-0.1, -0.05) is 30.3 Å². The van der Waals surface area contributed by atoms with Crippen LogP contribution >= 0.6 is 35.1 Å². The number of thioether (sulfide) groups is 2. The summed E-state index contributed by atoms with van der Waals surface area (Å²) in [6, 6.07) is 4.06. The minimum atomic E-state index is -0.518. The Hall–Kier alpha value is -1.25. The topological polar surface area (TPSA) is 59.8 Å². The third kappa shape index (κ3) is 5.12. The quantitative estimate of drug-likeness (QED) is 0.750. The molecule has 1 N–H and O–H groups in total. The van der Waals surface area contributed by atoms with Crippen LogP contribution < -0.4 is 5.32 Å². The average molecular weight is 375 g/mol. The summed E-state index contributed by atoms with van der Waals surface area (Å²) in [6.45, 7) is 2.09. The van der Waals surface area contributed by atoms with Gasteiger partial charge in [-0.15, -0.1) is 10.2 Å². The second-order valence-electron chi connectivity index (χ2n) is 4.56. The van der Waals surface area contributed by atoms with Gasteiger partial charge in [0.2, 0.25) is 5.91 Å². The summed E-state index contributed by atoms with van der Waals surface area (Å²) in [7, 11) is 1.88. The molecule has 0 spiro atoms. The molecule has 0 aliphatic heterocycles. The highest BCUT2D eigenvalue weighted by molar-refractivity contribution is 7.99. The van der Waals surface area contributed by atoms with E-state index in [4.69, 9.17) is 11.6 Å². The summed E-state index contributed by atoms with van der Waals surface area (Å²) in [6.07, 6.45) is 0. The number of nitrogens with one attached hydrogen (secondary N) is 1. The SMILES string of the molecule is CCSCc1nnc(SCC(=O)Nc2ccc(F)c(Cl)c2)n1C. The molecule has 0 bridgehead atoms. The molecule has 0 saturated heterocycles. The van der Waals surface area contributed by atoms with Gasteiger partial charge in [0.1, 0.15) is 11.6 Å². The Kier molecular flexibility index (Phi) is 6.73. The Morgan fingerprint density at radius 2 is 2.22 bits per heavy atom. The number of aromatic nitrogens is 3. The van der Waals surface area contributed by atoms with Gasteiger partial charge < -0.3 is 9.88 Å². The fraction of sp³-hybridized carbons (Fsp3) is 0.357. The highest BCUT2D eigenvalue weighted by Gasteiger charge is 2.12. The van der Waals surface area contributed by atoms with E-state index in [1.807, 2.05) is 11.6 Å². The lowest BCUT2D eigenvalue weighted by molar-refractivity contribution is -0.113. The highest BCUT2D eigenvalue weighted by Crippen LogP contribution is 2.21. The maximum absolute atomic E-state index is 13.1. The number of carbonyl (C=O) groups is 1. The molecule has 1 aromatic heterocycles. The van der Waals surface area contributed by atoms with Crippen LogP contribution in [-0.2, 0) is 17.6 Å². The number of hydrogen-bond acceptors (Lipinski definition) is 5. The van der Waals surface area contributed by atoms with Gasteiger partial charge in [-0.05, 0) is 24.0 Å². The predicted octanol–water partition coefficient (Wildman–Crippen LogP) is 3.59. The van der Waals surface area contributed by atoms with Crippen LogP contribution in [0.4, 0.5) is 10.1 Å². The van der Waals surface area contributed by atoms with Crippen LogP contribution in [0.5, 0.6) is 0 Å². The molecule has 0 saturated carbocycles. The van der Waals surface area contributed by atoms with Crippen LogP contribution in [0.25, 0.3) is 0 Å². The number of nitrogens with zero attached hydrogens (tertiary/aromatic N) is 3. The van der Waals surface area contributed by atoms with Crippen molar-refractivity contribution in [3.8, 4) is 0 Å². The lowest BCUT2D eigenvalue weighted by Crippen LogP contribution is -2.14. The molecule has 1 aromatic carbocycles. The van der Waals surface area contributed by atoms with Crippen LogP contribution in [-0.4, -0.2) is 32.2 Å². The second kappa shape index (κ2) is 8.56. The van der Waals surface area contributed by atoms with E-state index >= 15 is 0 Å². The van der Waals surface area contributed by atoms with Gasteiger partial charge in [-0.25, -0.2) is 4.39 Å². The molecule has 0 aliphatic carbocycles. The van der Waals surface area contributed by atoms with E-state index in [1.54, 1.807) is 11.8 Å². The molecular weight excluding hydrogens is 359 g/mol. The van der Waals surface area contributed by atoms with Crippen molar-refractivity contribution in [3.05, 3.63) is 34.9 Å². The Labute approximate surface area is 147 Å². The smallest absolute Gasteiger partial charge is 0.234 e. The van der Waals surface area contributed by atoms with E-state index in [9.17, 15) is 9.18 Å². The molecule has 23 heavy (non-hydrogen) atoms. The first kappa shape index (κ1) is 18.1. The molecule has 0 fully saturated rings. The number of amides is 1.